The summed E-state index contributed by atoms with van der Waals surface area (Å²) in [4.78, 5) is 13.5. The Morgan fingerprint density at radius 3 is 2.37 bits per heavy atom. The van der Waals surface area contributed by atoms with Crippen molar-refractivity contribution in [2.24, 2.45) is 11.1 Å². The number of rotatable bonds is 3. The molecule has 0 radical (unpaired) electrons. The summed E-state index contributed by atoms with van der Waals surface area (Å²) >= 11 is 0. The first-order chi connectivity index (χ1) is 8.89. The van der Waals surface area contributed by atoms with Crippen LogP contribution in [0.15, 0.2) is 29.2 Å². The van der Waals surface area contributed by atoms with Gasteiger partial charge in [0.25, 0.3) is 0 Å². The summed E-state index contributed by atoms with van der Waals surface area (Å²) in [5.74, 6) is 0.303. The van der Waals surface area contributed by atoms with Gasteiger partial charge in [-0.2, -0.15) is 0 Å². The van der Waals surface area contributed by atoms with Crippen molar-refractivity contribution in [2.45, 2.75) is 24.7 Å². The number of Topliss-reactive ketones (excluding diaryl/α,β-unsaturated/α-hetero) is 1. The molecule has 104 valence electrons. The lowest BCUT2D eigenvalue weighted by Crippen LogP contribution is -2.36. The largest absolute Gasteiger partial charge is 0.370 e. The molecule has 2 N–H and O–H groups in total. The molecule has 6 heteroatoms. The third kappa shape index (κ3) is 3.13. The Morgan fingerprint density at radius 2 is 1.84 bits per heavy atom. The number of para-hydroxylation sites is 1. The third-order valence-electron chi connectivity index (χ3n) is 3.58. The fourth-order valence-corrected chi connectivity index (χ4v) is 3.24. The van der Waals surface area contributed by atoms with Crippen LogP contribution in [-0.4, -0.2) is 27.3 Å². The first-order valence-electron chi connectivity index (χ1n) is 6.27. The summed E-state index contributed by atoms with van der Waals surface area (Å²) < 4.78 is 23.1. The molecule has 0 bridgehead atoms. The molecule has 1 aromatic rings. The molecule has 0 spiro atoms. The highest BCUT2D eigenvalue weighted by Gasteiger charge is 2.25. The maximum Gasteiger partial charge on any atom is 0.240 e. The van der Waals surface area contributed by atoms with Crippen molar-refractivity contribution in [1.82, 2.24) is 0 Å². The van der Waals surface area contributed by atoms with Crippen LogP contribution in [0.3, 0.4) is 0 Å². The number of primary sulfonamides is 1. The molecular formula is C13H18N2O3S. The zero-order chi connectivity index (χ0) is 14.0. The van der Waals surface area contributed by atoms with Gasteiger partial charge in [-0.05, 0) is 31.9 Å². The summed E-state index contributed by atoms with van der Waals surface area (Å²) in [6.45, 7) is 2.96. The van der Waals surface area contributed by atoms with E-state index in [9.17, 15) is 13.2 Å². The number of carbonyl (C=O) groups excluding carboxylic acids is 1. The van der Waals surface area contributed by atoms with Gasteiger partial charge in [0.2, 0.25) is 10.0 Å². The minimum absolute atomic E-state index is 0.0953. The Kier molecular flexibility index (Phi) is 3.91. The number of nitrogens with two attached hydrogens (primary N) is 1. The van der Waals surface area contributed by atoms with E-state index >= 15 is 0 Å². The second-order valence-corrected chi connectivity index (χ2v) is 6.41. The van der Waals surface area contributed by atoms with Crippen LogP contribution >= 0.6 is 0 Å². The van der Waals surface area contributed by atoms with Gasteiger partial charge in [0.1, 0.15) is 10.7 Å². The van der Waals surface area contributed by atoms with Crippen LogP contribution < -0.4 is 10.0 Å². The quantitative estimate of drug-likeness (QED) is 0.901. The maximum atomic E-state index is 11.6. The Labute approximate surface area is 113 Å². The Balaban J connectivity index is 2.23. The second kappa shape index (κ2) is 5.30. The number of anilines is 1. The van der Waals surface area contributed by atoms with Crippen LogP contribution in [0.25, 0.3) is 0 Å². The topological polar surface area (TPSA) is 80.5 Å². The third-order valence-corrected chi connectivity index (χ3v) is 4.54. The summed E-state index contributed by atoms with van der Waals surface area (Å²) in [5, 5.41) is 5.23. The smallest absolute Gasteiger partial charge is 0.240 e. The summed E-state index contributed by atoms with van der Waals surface area (Å²) in [5.41, 5.74) is 0.631. The van der Waals surface area contributed by atoms with Crippen LogP contribution in [0.5, 0.6) is 0 Å². The molecule has 0 atom stereocenters. The predicted molar refractivity (Wildman–Crippen MR) is 73.4 cm³/mol. The molecule has 0 aromatic heterocycles. The lowest BCUT2D eigenvalue weighted by molar-refractivity contribution is -0.121. The van der Waals surface area contributed by atoms with E-state index in [1.165, 1.54) is 6.07 Å². The van der Waals surface area contributed by atoms with Crippen molar-refractivity contribution in [3.8, 4) is 0 Å². The Hall–Kier alpha value is -1.40. The highest BCUT2D eigenvalue weighted by Crippen LogP contribution is 2.28. The number of nitrogens with zero attached hydrogens (tertiary/aromatic N) is 1. The zero-order valence-electron chi connectivity index (χ0n) is 10.9. The number of piperidine rings is 1. The average Bonchev–Trinajstić information content (AvgIpc) is 2.38. The summed E-state index contributed by atoms with van der Waals surface area (Å²) in [6, 6.07) is 6.72. The summed E-state index contributed by atoms with van der Waals surface area (Å²) in [7, 11) is -3.72. The number of hydrogen-bond donors (Lipinski definition) is 1. The molecule has 1 heterocycles. The first kappa shape index (κ1) is 14.0. The highest BCUT2D eigenvalue weighted by molar-refractivity contribution is 7.89. The van der Waals surface area contributed by atoms with Crippen LogP contribution in [0.2, 0.25) is 0 Å². The molecule has 19 heavy (non-hydrogen) atoms. The average molecular weight is 282 g/mol. The van der Waals surface area contributed by atoms with Crippen LogP contribution in [0, 0.1) is 5.92 Å². The van der Waals surface area contributed by atoms with Gasteiger partial charge in [0, 0.05) is 19.0 Å². The van der Waals surface area contributed by atoms with E-state index < -0.39 is 10.0 Å². The van der Waals surface area contributed by atoms with Crippen LogP contribution in [-0.2, 0) is 14.8 Å². The summed E-state index contributed by atoms with van der Waals surface area (Å²) in [6.07, 6.45) is 1.52. The van der Waals surface area contributed by atoms with E-state index in [4.69, 9.17) is 5.14 Å². The standard InChI is InChI=1S/C13H18N2O3S/c1-10(16)11-6-8-15(9-7-11)12-4-2-3-5-13(12)19(14,17)18/h2-5,11H,6-9H2,1H3,(H2,14,17,18). The van der Waals surface area contributed by atoms with Gasteiger partial charge in [-0.15, -0.1) is 0 Å². The Morgan fingerprint density at radius 1 is 1.26 bits per heavy atom. The van der Waals surface area contributed by atoms with E-state index in [0.717, 1.165) is 12.8 Å². The molecule has 1 saturated heterocycles. The monoisotopic (exact) mass is 282 g/mol. The minimum atomic E-state index is -3.72. The van der Waals surface area contributed by atoms with Gasteiger partial charge < -0.3 is 4.90 Å². The number of ketones is 1. The van der Waals surface area contributed by atoms with Crippen molar-refractivity contribution in [3.63, 3.8) is 0 Å². The lowest BCUT2D eigenvalue weighted by atomic mass is 9.93. The minimum Gasteiger partial charge on any atom is -0.370 e. The molecule has 5 nitrogen and oxygen atoms in total. The number of hydrogen-bond acceptors (Lipinski definition) is 4. The molecule has 1 fully saturated rings. The van der Waals surface area contributed by atoms with Gasteiger partial charge in [-0.25, -0.2) is 13.6 Å². The van der Waals surface area contributed by atoms with E-state index in [0.29, 0.717) is 18.8 Å². The highest BCUT2D eigenvalue weighted by atomic mass is 32.2. The van der Waals surface area contributed by atoms with E-state index in [1.54, 1.807) is 25.1 Å². The predicted octanol–water partition coefficient (Wildman–Crippen LogP) is 1.14. The molecule has 0 amide bonds. The Bertz CT molecular complexity index is 575. The van der Waals surface area contributed by atoms with Crippen molar-refractivity contribution < 1.29 is 13.2 Å². The van der Waals surface area contributed by atoms with Crippen LogP contribution in [0.4, 0.5) is 5.69 Å². The molecule has 1 aromatic carbocycles. The van der Waals surface area contributed by atoms with E-state index in [-0.39, 0.29) is 16.6 Å². The zero-order valence-corrected chi connectivity index (χ0v) is 11.7. The van der Waals surface area contributed by atoms with E-state index in [1.807, 2.05) is 4.90 Å². The maximum absolute atomic E-state index is 11.6. The fraction of sp³-hybridized carbons (Fsp3) is 0.462. The normalized spacial score (nSPS) is 17.5. The van der Waals surface area contributed by atoms with Crippen molar-refractivity contribution in [1.29, 1.82) is 0 Å². The number of sulfonamides is 1. The molecular weight excluding hydrogens is 264 g/mol. The van der Waals surface area contributed by atoms with Gasteiger partial charge in [-0.1, -0.05) is 12.1 Å². The van der Waals surface area contributed by atoms with Gasteiger partial charge in [-0.3, -0.25) is 4.79 Å². The lowest BCUT2D eigenvalue weighted by Gasteiger charge is -2.33. The molecule has 0 aliphatic carbocycles. The number of carbonyl (C=O) groups is 1. The van der Waals surface area contributed by atoms with Gasteiger partial charge in [0.15, 0.2) is 0 Å². The molecule has 1 aliphatic rings. The van der Waals surface area contributed by atoms with Gasteiger partial charge >= 0.3 is 0 Å². The molecule has 2 rings (SSSR count). The van der Waals surface area contributed by atoms with Crippen molar-refractivity contribution >= 4 is 21.5 Å². The molecule has 0 saturated carbocycles. The van der Waals surface area contributed by atoms with Crippen molar-refractivity contribution in [2.75, 3.05) is 18.0 Å². The van der Waals surface area contributed by atoms with E-state index in [2.05, 4.69) is 0 Å². The molecule has 1 aliphatic heterocycles. The second-order valence-electron chi connectivity index (χ2n) is 4.88. The first-order valence-corrected chi connectivity index (χ1v) is 7.81. The molecule has 0 unspecified atom stereocenters. The van der Waals surface area contributed by atoms with Crippen molar-refractivity contribution in [3.05, 3.63) is 24.3 Å². The van der Waals surface area contributed by atoms with Gasteiger partial charge in [0.05, 0.1) is 5.69 Å². The fourth-order valence-electron chi connectivity index (χ4n) is 2.49. The van der Waals surface area contributed by atoms with Crippen LogP contribution in [0.1, 0.15) is 19.8 Å². The SMILES string of the molecule is CC(=O)C1CCN(c2ccccc2S(N)(=O)=O)CC1. The number of benzene rings is 1.